The lowest BCUT2D eigenvalue weighted by Crippen LogP contribution is -2.17. The van der Waals surface area contributed by atoms with Gasteiger partial charge in [-0.15, -0.1) is 0 Å². The molecule has 0 aliphatic carbocycles. The number of rotatable bonds is 4. The van der Waals surface area contributed by atoms with Crippen LogP contribution in [0.3, 0.4) is 0 Å². The molecule has 0 spiro atoms. The van der Waals surface area contributed by atoms with Crippen LogP contribution in [0.1, 0.15) is 24.3 Å². The van der Waals surface area contributed by atoms with Crippen LogP contribution in [0.25, 0.3) is 11.0 Å². The summed E-state index contributed by atoms with van der Waals surface area (Å²) in [6, 6.07) is 16.1. The maximum absolute atomic E-state index is 5.89. The summed E-state index contributed by atoms with van der Waals surface area (Å²) in [5, 5.41) is 5.33. The van der Waals surface area contributed by atoms with Gasteiger partial charge < -0.3 is 9.73 Å². The maximum atomic E-state index is 5.89. The lowest BCUT2D eigenvalue weighted by atomic mass is 10.2. The van der Waals surface area contributed by atoms with E-state index < -0.39 is 0 Å². The third-order valence-corrected chi connectivity index (χ3v) is 4.20. The van der Waals surface area contributed by atoms with E-state index >= 15 is 0 Å². The average molecular weight is 365 g/mol. The highest BCUT2D eigenvalue weighted by Crippen LogP contribution is 2.26. The van der Waals surface area contributed by atoms with E-state index in [1.54, 1.807) is 0 Å². The molecule has 3 rings (SSSR count). The van der Waals surface area contributed by atoms with E-state index in [2.05, 4.69) is 40.3 Å². The normalized spacial score (nSPS) is 12.7. The van der Waals surface area contributed by atoms with Crippen molar-refractivity contribution >= 4 is 38.5 Å². The van der Waals surface area contributed by atoms with Crippen LogP contribution >= 0.6 is 27.5 Å². The van der Waals surface area contributed by atoms with E-state index in [0.29, 0.717) is 0 Å². The standard InChI is InChI=1S/C17H15BrClNO/c1-11(20-10-12-2-5-15(19)6-3-12)17-9-13-8-14(18)4-7-16(13)21-17/h2-9,11,20H,10H2,1H3. The third kappa shape index (κ3) is 3.49. The first-order chi connectivity index (χ1) is 10.1. The molecule has 0 saturated heterocycles. The van der Waals surface area contributed by atoms with Crippen LogP contribution in [-0.4, -0.2) is 0 Å². The van der Waals surface area contributed by atoms with Crippen LogP contribution in [0.4, 0.5) is 0 Å². The highest BCUT2D eigenvalue weighted by atomic mass is 79.9. The summed E-state index contributed by atoms with van der Waals surface area (Å²) in [6.45, 7) is 2.88. The van der Waals surface area contributed by atoms with Gasteiger partial charge in [0.25, 0.3) is 0 Å². The molecule has 0 bridgehead atoms. The summed E-state index contributed by atoms with van der Waals surface area (Å²) < 4.78 is 6.95. The molecule has 0 radical (unpaired) electrons. The van der Waals surface area contributed by atoms with E-state index in [0.717, 1.165) is 32.8 Å². The molecule has 1 heterocycles. The SMILES string of the molecule is CC(NCc1ccc(Cl)cc1)c1cc2cc(Br)ccc2o1. The monoisotopic (exact) mass is 363 g/mol. The van der Waals surface area contributed by atoms with Crippen molar-refractivity contribution < 1.29 is 4.42 Å². The summed E-state index contributed by atoms with van der Waals surface area (Å²) in [4.78, 5) is 0. The molecule has 4 heteroatoms. The van der Waals surface area contributed by atoms with Crippen molar-refractivity contribution in [3.8, 4) is 0 Å². The van der Waals surface area contributed by atoms with Gasteiger partial charge in [0.2, 0.25) is 0 Å². The number of hydrogen-bond acceptors (Lipinski definition) is 2. The Balaban J connectivity index is 1.71. The second-order valence-corrected chi connectivity index (χ2v) is 6.41. The predicted molar refractivity (Wildman–Crippen MR) is 90.6 cm³/mol. The van der Waals surface area contributed by atoms with Crippen molar-refractivity contribution in [2.45, 2.75) is 19.5 Å². The zero-order chi connectivity index (χ0) is 14.8. The fraction of sp³-hybridized carbons (Fsp3) is 0.176. The minimum Gasteiger partial charge on any atom is -0.459 e. The van der Waals surface area contributed by atoms with Crippen molar-refractivity contribution in [3.63, 3.8) is 0 Å². The lowest BCUT2D eigenvalue weighted by Gasteiger charge is -2.11. The first kappa shape index (κ1) is 14.6. The number of benzene rings is 2. The van der Waals surface area contributed by atoms with Crippen molar-refractivity contribution in [3.05, 3.63) is 69.3 Å². The van der Waals surface area contributed by atoms with Crippen LogP contribution < -0.4 is 5.32 Å². The number of furan rings is 1. The Hall–Kier alpha value is -1.29. The van der Waals surface area contributed by atoms with E-state index in [1.165, 1.54) is 5.56 Å². The van der Waals surface area contributed by atoms with Gasteiger partial charge >= 0.3 is 0 Å². The molecular weight excluding hydrogens is 350 g/mol. The Kier molecular flexibility index (Phi) is 4.34. The molecule has 21 heavy (non-hydrogen) atoms. The van der Waals surface area contributed by atoms with Gasteiger partial charge in [0.05, 0.1) is 6.04 Å². The quantitative estimate of drug-likeness (QED) is 0.642. The molecule has 3 aromatic rings. The molecule has 1 aromatic heterocycles. The molecule has 0 amide bonds. The predicted octanol–water partition coefficient (Wildman–Crippen LogP) is 5.70. The average Bonchev–Trinajstić information content (AvgIpc) is 2.89. The largest absolute Gasteiger partial charge is 0.459 e. The van der Waals surface area contributed by atoms with Crippen molar-refractivity contribution in [2.75, 3.05) is 0 Å². The van der Waals surface area contributed by atoms with Crippen LogP contribution in [0.15, 0.2) is 57.4 Å². The van der Waals surface area contributed by atoms with Crippen LogP contribution in [0.5, 0.6) is 0 Å². The fourth-order valence-electron chi connectivity index (χ4n) is 2.22. The summed E-state index contributed by atoms with van der Waals surface area (Å²) in [6.07, 6.45) is 0. The number of halogens is 2. The number of hydrogen-bond donors (Lipinski definition) is 1. The van der Waals surface area contributed by atoms with Gasteiger partial charge in [-0.2, -0.15) is 0 Å². The Morgan fingerprint density at radius 2 is 1.90 bits per heavy atom. The molecule has 0 saturated carbocycles. The zero-order valence-electron chi connectivity index (χ0n) is 11.6. The summed E-state index contributed by atoms with van der Waals surface area (Å²) >= 11 is 9.37. The van der Waals surface area contributed by atoms with E-state index in [1.807, 2.05) is 36.4 Å². The molecule has 108 valence electrons. The van der Waals surface area contributed by atoms with Crippen LogP contribution in [-0.2, 0) is 6.54 Å². The zero-order valence-corrected chi connectivity index (χ0v) is 13.9. The van der Waals surface area contributed by atoms with E-state index in [9.17, 15) is 0 Å². The topological polar surface area (TPSA) is 25.2 Å². The van der Waals surface area contributed by atoms with E-state index in [4.69, 9.17) is 16.0 Å². The molecule has 1 atom stereocenters. The van der Waals surface area contributed by atoms with Gasteiger partial charge in [0, 0.05) is 21.4 Å². The molecule has 1 unspecified atom stereocenters. The smallest absolute Gasteiger partial charge is 0.134 e. The molecule has 0 aliphatic rings. The van der Waals surface area contributed by atoms with E-state index in [-0.39, 0.29) is 6.04 Å². The molecule has 0 aliphatic heterocycles. The van der Waals surface area contributed by atoms with Gasteiger partial charge in [0.1, 0.15) is 11.3 Å². The Labute approximate surface area is 137 Å². The fourth-order valence-corrected chi connectivity index (χ4v) is 2.73. The number of fused-ring (bicyclic) bond motifs is 1. The Morgan fingerprint density at radius 1 is 1.14 bits per heavy atom. The highest BCUT2D eigenvalue weighted by Gasteiger charge is 2.11. The van der Waals surface area contributed by atoms with Crippen LogP contribution in [0.2, 0.25) is 5.02 Å². The van der Waals surface area contributed by atoms with Crippen molar-refractivity contribution in [2.24, 2.45) is 0 Å². The molecule has 2 aromatic carbocycles. The van der Waals surface area contributed by atoms with Crippen molar-refractivity contribution in [1.29, 1.82) is 0 Å². The lowest BCUT2D eigenvalue weighted by molar-refractivity contribution is 0.451. The molecular formula is C17H15BrClNO. The summed E-state index contributed by atoms with van der Waals surface area (Å²) in [7, 11) is 0. The molecule has 2 nitrogen and oxygen atoms in total. The van der Waals surface area contributed by atoms with Gasteiger partial charge in [-0.25, -0.2) is 0 Å². The minimum absolute atomic E-state index is 0.145. The maximum Gasteiger partial charge on any atom is 0.134 e. The van der Waals surface area contributed by atoms with Gasteiger partial charge in [-0.3, -0.25) is 0 Å². The minimum atomic E-state index is 0.145. The third-order valence-electron chi connectivity index (χ3n) is 3.45. The first-order valence-electron chi connectivity index (χ1n) is 6.78. The molecule has 1 N–H and O–H groups in total. The number of nitrogens with one attached hydrogen (secondary N) is 1. The Bertz CT molecular complexity index is 751. The highest BCUT2D eigenvalue weighted by molar-refractivity contribution is 9.10. The first-order valence-corrected chi connectivity index (χ1v) is 7.96. The van der Waals surface area contributed by atoms with Gasteiger partial charge in [-0.1, -0.05) is 39.7 Å². The van der Waals surface area contributed by atoms with Crippen LogP contribution in [0, 0.1) is 0 Å². The van der Waals surface area contributed by atoms with Gasteiger partial charge in [0.15, 0.2) is 0 Å². The second kappa shape index (κ2) is 6.22. The second-order valence-electron chi connectivity index (χ2n) is 5.06. The van der Waals surface area contributed by atoms with Gasteiger partial charge in [-0.05, 0) is 48.9 Å². The Morgan fingerprint density at radius 3 is 2.67 bits per heavy atom. The molecule has 0 fully saturated rings. The van der Waals surface area contributed by atoms with Crippen molar-refractivity contribution in [1.82, 2.24) is 5.32 Å². The summed E-state index contributed by atoms with van der Waals surface area (Å²) in [5.41, 5.74) is 2.11. The summed E-state index contributed by atoms with van der Waals surface area (Å²) in [5.74, 6) is 0.942.